The Balaban J connectivity index is 1.73. The molecule has 0 radical (unpaired) electrons. The average molecular weight is 246 g/mol. The third-order valence-corrected chi connectivity index (χ3v) is 3.18. The molecule has 96 valence electrons. The number of rotatable bonds is 6. The zero-order valence-electron chi connectivity index (χ0n) is 10.6. The van der Waals surface area contributed by atoms with Gasteiger partial charge in [0.05, 0.1) is 26.4 Å². The van der Waals surface area contributed by atoms with Gasteiger partial charge in [-0.2, -0.15) is 5.26 Å². The van der Waals surface area contributed by atoms with E-state index in [2.05, 4.69) is 17.5 Å². The highest BCUT2D eigenvalue weighted by molar-refractivity contribution is 5.28. The van der Waals surface area contributed by atoms with E-state index in [0.29, 0.717) is 19.8 Å². The number of nitriles is 1. The molecule has 0 bridgehead atoms. The molecule has 1 aromatic rings. The SMILES string of the molecule is COc1cccc(CCNCC2(C#N)COC2)c1. The Hall–Kier alpha value is -1.57. The quantitative estimate of drug-likeness (QED) is 0.770. The number of nitrogens with one attached hydrogen (secondary N) is 1. The van der Waals surface area contributed by atoms with Gasteiger partial charge in [0, 0.05) is 6.54 Å². The van der Waals surface area contributed by atoms with Gasteiger partial charge in [-0.05, 0) is 30.7 Å². The molecule has 0 unspecified atom stereocenters. The summed E-state index contributed by atoms with van der Waals surface area (Å²) in [7, 11) is 1.67. The summed E-state index contributed by atoms with van der Waals surface area (Å²) in [5.74, 6) is 0.883. The number of benzene rings is 1. The molecule has 1 aliphatic rings. The number of nitrogens with zero attached hydrogens (tertiary/aromatic N) is 1. The van der Waals surface area contributed by atoms with Crippen molar-refractivity contribution in [2.24, 2.45) is 5.41 Å². The first-order valence-electron chi connectivity index (χ1n) is 6.11. The Kier molecular flexibility index (Phi) is 4.19. The molecule has 0 atom stereocenters. The molecule has 1 saturated heterocycles. The smallest absolute Gasteiger partial charge is 0.119 e. The Morgan fingerprint density at radius 3 is 2.94 bits per heavy atom. The van der Waals surface area contributed by atoms with Crippen LogP contribution in [0.1, 0.15) is 5.56 Å². The number of methoxy groups -OCH3 is 1. The number of hydrogen-bond donors (Lipinski definition) is 1. The van der Waals surface area contributed by atoms with E-state index >= 15 is 0 Å². The van der Waals surface area contributed by atoms with Crippen molar-refractivity contribution in [3.8, 4) is 11.8 Å². The van der Waals surface area contributed by atoms with Gasteiger partial charge in [-0.1, -0.05) is 12.1 Å². The van der Waals surface area contributed by atoms with Crippen LogP contribution in [0, 0.1) is 16.7 Å². The van der Waals surface area contributed by atoms with Crippen LogP contribution in [-0.2, 0) is 11.2 Å². The molecule has 0 saturated carbocycles. The second kappa shape index (κ2) is 5.85. The van der Waals surface area contributed by atoms with Crippen LogP contribution in [-0.4, -0.2) is 33.4 Å². The summed E-state index contributed by atoms with van der Waals surface area (Å²) < 4.78 is 10.3. The van der Waals surface area contributed by atoms with Crippen LogP contribution >= 0.6 is 0 Å². The first kappa shape index (κ1) is 12.9. The normalized spacial score (nSPS) is 16.7. The number of hydrogen-bond acceptors (Lipinski definition) is 4. The minimum Gasteiger partial charge on any atom is -0.497 e. The predicted molar refractivity (Wildman–Crippen MR) is 68.4 cm³/mol. The lowest BCUT2D eigenvalue weighted by molar-refractivity contribution is -0.0752. The average Bonchev–Trinajstić information content (AvgIpc) is 2.37. The second-order valence-electron chi connectivity index (χ2n) is 4.66. The van der Waals surface area contributed by atoms with Gasteiger partial charge in [0.2, 0.25) is 0 Å². The van der Waals surface area contributed by atoms with Crippen molar-refractivity contribution in [2.75, 3.05) is 33.4 Å². The lowest BCUT2D eigenvalue weighted by atomic mass is 9.88. The maximum absolute atomic E-state index is 9.03. The van der Waals surface area contributed by atoms with Gasteiger partial charge in [0.25, 0.3) is 0 Å². The molecule has 0 aliphatic carbocycles. The highest BCUT2D eigenvalue weighted by Gasteiger charge is 2.38. The third-order valence-electron chi connectivity index (χ3n) is 3.18. The third kappa shape index (κ3) is 3.00. The molecule has 0 amide bonds. The van der Waals surface area contributed by atoms with Crippen molar-refractivity contribution >= 4 is 0 Å². The predicted octanol–water partition coefficient (Wildman–Crippen LogP) is 1.37. The van der Waals surface area contributed by atoms with Crippen molar-refractivity contribution in [3.63, 3.8) is 0 Å². The first-order chi connectivity index (χ1) is 8.78. The highest BCUT2D eigenvalue weighted by atomic mass is 16.5. The molecule has 1 N–H and O–H groups in total. The monoisotopic (exact) mass is 246 g/mol. The lowest BCUT2D eigenvalue weighted by Crippen LogP contribution is -2.48. The highest BCUT2D eigenvalue weighted by Crippen LogP contribution is 2.25. The fourth-order valence-corrected chi connectivity index (χ4v) is 1.94. The van der Waals surface area contributed by atoms with Gasteiger partial charge in [0.15, 0.2) is 0 Å². The summed E-state index contributed by atoms with van der Waals surface area (Å²) in [6, 6.07) is 10.4. The lowest BCUT2D eigenvalue weighted by Gasteiger charge is -2.35. The molecule has 18 heavy (non-hydrogen) atoms. The topological polar surface area (TPSA) is 54.3 Å². The molecule has 4 heteroatoms. The zero-order valence-corrected chi connectivity index (χ0v) is 10.6. The maximum atomic E-state index is 9.03. The van der Waals surface area contributed by atoms with Crippen LogP contribution in [0.4, 0.5) is 0 Å². The zero-order chi connectivity index (χ0) is 12.8. The molecule has 1 aromatic carbocycles. The van der Waals surface area contributed by atoms with Crippen LogP contribution in [0.2, 0.25) is 0 Å². The molecule has 1 aliphatic heterocycles. The Bertz CT molecular complexity index is 436. The van der Waals surface area contributed by atoms with Crippen LogP contribution in [0.3, 0.4) is 0 Å². The van der Waals surface area contributed by atoms with Crippen LogP contribution in [0.25, 0.3) is 0 Å². The van der Waals surface area contributed by atoms with E-state index in [4.69, 9.17) is 14.7 Å². The first-order valence-corrected chi connectivity index (χ1v) is 6.11. The molecule has 1 fully saturated rings. The van der Waals surface area contributed by atoms with E-state index in [1.807, 2.05) is 18.2 Å². The van der Waals surface area contributed by atoms with Gasteiger partial charge in [-0.3, -0.25) is 0 Å². The van der Waals surface area contributed by atoms with Gasteiger partial charge in [-0.25, -0.2) is 0 Å². The second-order valence-corrected chi connectivity index (χ2v) is 4.66. The number of ether oxygens (including phenoxy) is 2. The van der Waals surface area contributed by atoms with E-state index in [-0.39, 0.29) is 5.41 Å². The van der Waals surface area contributed by atoms with E-state index in [9.17, 15) is 0 Å². The van der Waals surface area contributed by atoms with Crippen molar-refractivity contribution in [2.45, 2.75) is 6.42 Å². The summed E-state index contributed by atoms with van der Waals surface area (Å²) >= 11 is 0. The molecule has 2 rings (SSSR count). The minimum absolute atomic E-state index is 0.297. The summed E-state index contributed by atoms with van der Waals surface area (Å²) in [5.41, 5.74) is 0.937. The van der Waals surface area contributed by atoms with E-state index < -0.39 is 0 Å². The Labute approximate surface area is 108 Å². The van der Waals surface area contributed by atoms with Gasteiger partial charge < -0.3 is 14.8 Å². The van der Waals surface area contributed by atoms with Crippen LogP contribution in [0.5, 0.6) is 5.75 Å². The molecule has 0 spiro atoms. The fourth-order valence-electron chi connectivity index (χ4n) is 1.94. The van der Waals surface area contributed by atoms with E-state index in [0.717, 1.165) is 18.7 Å². The Morgan fingerprint density at radius 1 is 1.50 bits per heavy atom. The van der Waals surface area contributed by atoms with Crippen LogP contribution < -0.4 is 10.1 Å². The maximum Gasteiger partial charge on any atom is 0.119 e. The summed E-state index contributed by atoms with van der Waals surface area (Å²) in [6.07, 6.45) is 0.930. The van der Waals surface area contributed by atoms with Crippen molar-refractivity contribution < 1.29 is 9.47 Å². The van der Waals surface area contributed by atoms with Gasteiger partial charge >= 0.3 is 0 Å². The molecule has 1 heterocycles. The molecular formula is C14H18N2O2. The molecule has 0 aromatic heterocycles. The van der Waals surface area contributed by atoms with Crippen molar-refractivity contribution in [1.82, 2.24) is 5.32 Å². The van der Waals surface area contributed by atoms with Crippen molar-refractivity contribution in [1.29, 1.82) is 5.26 Å². The fraction of sp³-hybridized carbons (Fsp3) is 0.500. The molecular weight excluding hydrogens is 228 g/mol. The van der Waals surface area contributed by atoms with Crippen LogP contribution in [0.15, 0.2) is 24.3 Å². The molecule has 4 nitrogen and oxygen atoms in total. The largest absolute Gasteiger partial charge is 0.497 e. The Morgan fingerprint density at radius 2 is 2.33 bits per heavy atom. The van der Waals surface area contributed by atoms with E-state index in [1.165, 1.54) is 5.56 Å². The van der Waals surface area contributed by atoms with Crippen molar-refractivity contribution in [3.05, 3.63) is 29.8 Å². The van der Waals surface area contributed by atoms with Gasteiger partial charge in [-0.15, -0.1) is 0 Å². The van der Waals surface area contributed by atoms with Gasteiger partial charge in [0.1, 0.15) is 11.2 Å². The summed E-state index contributed by atoms with van der Waals surface area (Å²) in [6.45, 7) is 2.66. The standard InChI is InChI=1S/C14H18N2O2/c1-17-13-4-2-3-12(7-13)5-6-16-9-14(8-15)10-18-11-14/h2-4,7,16H,5-6,9-11H2,1H3. The summed E-state index contributed by atoms with van der Waals surface area (Å²) in [4.78, 5) is 0. The summed E-state index contributed by atoms with van der Waals surface area (Å²) in [5, 5.41) is 12.4. The van der Waals surface area contributed by atoms with E-state index in [1.54, 1.807) is 7.11 Å². The minimum atomic E-state index is -0.297.